The Hall–Kier alpha value is -1.84. The third kappa shape index (κ3) is 0.852. The summed E-state index contributed by atoms with van der Waals surface area (Å²) < 4.78 is 0. The topological polar surface area (TPSA) is 66.0 Å². The molecule has 0 saturated heterocycles. The maximum absolute atomic E-state index is 10.4. The van der Waals surface area contributed by atoms with Gasteiger partial charge in [-0.2, -0.15) is 4.98 Å². The SMILES string of the molecule is O=[C]c1cccc2[nH]c(O)nc12. The van der Waals surface area contributed by atoms with Crippen molar-refractivity contribution in [1.82, 2.24) is 9.97 Å². The fourth-order valence-electron chi connectivity index (χ4n) is 1.10. The van der Waals surface area contributed by atoms with Gasteiger partial charge in [0.05, 0.1) is 11.1 Å². The number of hydrogen-bond acceptors (Lipinski definition) is 3. The van der Waals surface area contributed by atoms with E-state index < -0.39 is 0 Å². The summed E-state index contributed by atoms with van der Waals surface area (Å²) in [5.74, 6) is 0. The minimum absolute atomic E-state index is 0.187. The summed E-state index contributed by atoms with van der Waals surface area (Å²) in [6, 6.07) is 4.83. The minimum atomic E-state index is -0.187. The Kier molecular flexibility index (Phi) is 1.33. The molecule has 0 amide bonds. The Morgan fingerprint density at radius 3 is 3.08 bits per heavy atom. The van der Waals surface area contributed by atoms with E-state index in [0.717, 1.165) is 0 Å². The number of rotatable bonds is 1. The Bertz CT molecular complexity index is 434. The fraction of sp³-hybridized carbons (Fsp3) is 0. The lowest BCUT2D eigenvalue weighted by atomic mass is 10.2. The molecule has 0 bridgehead atoms. The molecule has 0 fully saturated rings. The number of benzene rings is 1. The number of aromatic hydroxyl groups is 1. The van der Waals surface area contributed by atoms with Crippen molar-refractivity contribution in [3.05, 3.63) is 23.8 Å². The Labute approximate surface area is 67.9 Å². The smallest absolute Gasteiger partial charge is 0.292 e. The summed E-state index contributed by atoms with van der Waals surface area (Å²) in [5, 5.41) is 8.98. The number of aromatic nitrogens is 2. The summed E-state index contributed by atoms with van der Waals surface area (Å²) in [7, 11) is 0. The highest BCUT2D eigenvalue weighted by Gasteiger charge is 2.04. The second kappa shape index (κ2) is 2.34. The van der Waals surface area contributed by atoms with Gasteiger partial charge in [0.2, 0.25) is 6.29 Å². The molecular formula is C8H5N2O2. The normalized spacial score (nSPS) is 10.3. The molecule has 0 saturated carbocycles. The lowest BCUT2D eigenvalue weighted by Gasteiger charge is -1.88. The van der Waals surface area contributed by atoms with Crippen LogP contribution in [0.5, 0.6) is 6.01 Å². The number of fused-ring (bicyclic) bond motifs is 1. The number of carbonyl (C=O) groups excluding carboxylic acids is 1. The lowest BCUT2D eigenvalue weighted by molar-refractivity contribution is 0.438. The predicted octanol–water partition coefficient (Wildman–Crippen LogP) is 0.726. The van der Waals surface area contributed by atoms with Crippen molar-refractivity contribution in [2.24, 2.45) is 0 Å². The molecule has 4 heteroatoms. The van der Waals surface area contributed by atoms with Crippen molar-refractivity contribution in [3.63, 3.8) is 0 Å². The first kappa shape index (κ1) is 6.84. The standard InChI is InChI=1S/C8H5N2O2/c11-4-5-2-1-3-6-7(5)10-8(12)9-6/h1-3H,(H2,9,10,12). The van der Waals surface area contributed by atoms with E-state index in [1.165, 1.54) is 0 Å². The van der Waals surface area contributed by atoms with Crippen LogP contribution >= 0.6 is 0 Å². The molecule has 4 nitrogen and oxygen atoms in total. The monoisotopic (exact) mass is 161 g/mol. The zero-order chi connectivity index (χ0) is 8.55. The van der Waals surface area contributed by atoms with Gasteiger partial charge in [-0.15, -0.1) is 0 Å². The second-order valence-corrected chi connectivity index (χ2v) is 2.36. The molecule has 0 atom stereocenters. The number of H-pyrrole nitrogens is 1. The average molecular weight is 161 g/mol. The van der Waals surface area contributed by atoms with Gasteiger partial charge in [0, 0.05) is 0 Å². The molecule has 2 aromatic rings. The molecule has 2 rings (SSSR count). The predicted molar refractivity (Wildman–Crippen MR) is 42.6 cm³/mol. The van der Waals surface area contributed by atoms with E-state index in [1.807, 2.05) is 0 Å². The summed E-state index contributed by atoms with van der Waals surface area (Å²) in [4.78, 5) is 16.7. The average Bonchev–Trinajstić information content (AvgIpc) is 2.44. The van der Waals surface area contributed by atoms with Crippen molar-refractivity contribution in [2.45, 2.75) is 0 Å². The molecule has 0 unspecified atom stereocenters. The van der Waals surface area contributed by atoms with Gasteiger partial charge in [-0.05, 0) is 12.1 Å². The van der Waals surface area contributed by atoms with Gasteiger partial charge in [-0.1, -0.05) is 6.07 Å². The van der Waals surface area contributed by atoms with Crippen LogP contribution in [0.4, 0.5) is 0 Å². The second-order valence-electron chi connectivity index (χ2n) is 2.36. The quantitative estimate of drug-likeness (QED) is 0.647. The minimum Gasteiger partial charge on any atom is -0.480 e. The molecule has 0 aliphatic carbocycles. The van der Waals surface area contributed by atoms with Crippen LogP contribution in [0.25, 0.3) is 11.0 Å². The molecular weight excluding hydrogens is 156 g/mol. The Morgan fingerprint density at radius 2 is 2.33 bits per heavy atom. The first-order valence-electron chi connectivity index (χ1n) is 3.37. The van der Waals surface area contributed by atoms with Gasteiger partial charge in [0.1, 0.15) is 5.52 Å². The van der Waals surface area contributed by atoms with E-state index in [0.29, 0.717) is 16.6 Å². The van der Waals surface area contributed by atoms with E-state index in [-0.39, 0.29) is 6.01 Å². The number of aromatic amines is 1. The molecule has 1 radical (unpaired) electrons. The summed E-state index contributed by atoms with van der Waals surface area (Å²) in [6.45, 7) is 0. The number of nitrogens with one attached hydrogen (secondary N) is 1. The molecule has 1 heterocycles. The van der Waals surface area contributed by atoms with E-state index in [9.17, 15) is 4.79 Å². The van der Waals surface area contributed by atoms with Gasteiger partial charge < -0.3 is 10.1 Å². The van der Waals surface area contributed by atoms with Crippen LogP contribution in [-0.4, -0.2) is 21.4 Å². The first-order valence-corrected chi connectivity index (χ1v) is 3.37. The van der Waals surface area contributed by atoms with Crippen molar-refractivity contribution < 1.29 is 9.90 Å². The van der Waals surface area contributed by atoms with Gasteiger partial charge in [0.25, 0.3) is 6.01 Å². The fourth-order valence-corrected chi connectivity index (χ4v) is 1.10. The first-order chi connectivity index (χ1) is 5.81. The van der Waals surface area contributed by atoms with E-state index in [4.69, 9.17) is 5.11 Å². The molecule has 0 spiro atoms. The van der Waals surface area contributed by atoms with Crippen LogP contribution in [0.15, 0.2) is 18.2 Å². The third-order valence-corrected chi connectivity index (χ3v) is 1.61. The van der Waals surface area contributed by atoms with Crippen LogP contribution in [-0.2, 0) is 4.79 Å². The van der Waals surface area contributed by atoms with Crippen molar-refractivity contribution >= 4 is 17.3 Å². The maximum atomic E-state index is 10.4. The van der Waals surface area contributed by atoms with Crippen molar-refractivity contribution in [3.8, 4) is 6.01 Å². The highest BCUT2D eigenvalue weighted by atomic mass is 16.3. The van der Waals surface area contributed by atoms with Gasteiger partial charge >= 0.3 is 0 Å². The Morgan fingerprint density at radius 1 is 1.50 bits per heavy atom. The third-order valence-electron chi connectivity index (χ3n) is 1.61. The molecule has 12 heavy (non-hydrogen) atoms. The van der Waals surface area contributed by atoms with Crippen molar-refractivity contribution in [1.29, 1.82) is 0 Å². The number of imidazole rings is 1. The van der Waals surface area contributed by atoms with Crippen LogP contribution < -0.4 is 0 Å². The van der Waals surface area contributed by atoms with Crippen molar-refractivity contribution in [2.75, 3.05) is 0 Å². The van der Waals surface area contributed by atoms with E-state index in [1.54, 1.807) is 24.5 Å². The molecule has 2 N–H and O–H groups in total. The van der Waals surface area contributed by atoms with Gasteiger partial charge in [-0.3, -0.25) is 4.79 Å². The Balaban J connectivity index is 2.86. The molecule has 1 aromatic carbocycles. The number of hydrogen-bond donors (Lipinski definition) is 2. The van der Waals surface area contributed by atoms with E-state index in [2.05, 4.69) is 9.97 Å². The lowest BCUT2D eigenvalue weighted by Crippen LogP contribution is -1.81. The molecule has 0 aliphatic rings. The highest BCUT2D eigenvalue weighted by Crippen LogP contribution is 2.16. The largest absolute Gasteiger partial charge is 0.480 e. The molecule has 0 aliphatic heterocycles. The van der Waals surface area contributed by atoms with Crippen LogP contribution in [0.1, 0.15) is 5.56 Å². The summed E-state index contributed by atoms with van der Waals surface area (Å²) in [6.07, 6.45) is 1.74. The molecule has 1 aromatic heterocycles. The van der Waals surface area contributed by atoms with Crippen LogP contribution in [0.3, 0.4) is 0 Å². The van der Waals surface area contributed by atoms with E-state index >= 15 is 0 Å². The zero-order valence-electron chi connectivity index (χ0n) is 6.03. The summed E-state index contributed by atoms with van der Waals surface area (Å²) in [5.41, 5.74) is 1.43. The van der Waals surface area contributed by atoms with Gasteiger partial charge in [0.15, 0.2) is 0 Å². The maximum Gasteiger partial charge on any atom is 0.292 e. The molecule has 59 valence electrons. The number of para-hydroxylation sites is 1. The number of nitrogens with zero attached hydrogens (tertiary/aromatic N) is 1. The highest BCUT2D eigenvalue weighted by molar-refractivity contribution is 5.94. The summed E-state index contributed by atoms with van der Waals surface area (Å²) >= 11 is 0. The van der Waals surface area contributed by atoms with Crippen LogP contribution in [0.2, 0.25) is 0 Å². The zero-order valence-corrected chi connectivity index (χ0v) is 6.03. The van der Waals surface area contributed by atoms with Gasteiger partial charge in [-0.25, -0.2) is 0 Å². The van der Waals surface area contributed by atoms with Crippen LogP contribution in [0, 0.1) is 0 Å².